The van der Waals surface area contributed by atoms with Gasteiger partial charge in [-0.3, -0.25) is 19.1 Å². The van der Waals surface area contributed by atoms with Crippen LogP contribution in [0.3, 0.4) is 0 Å². The number of pyridine rings is 1. The second-order valence-corrected chi connectivity index (χ2v) is 20.0. The minimum absolute atomic E-state index is 0.0676. The van der Waals surface area contributed by atoms with E-state index in [0.717, 1.165) is 47.8 Å². The Balaban J connectivity index is 1.14. The molecule has 1 saturated heterocycles. The van der Waals surface area contributed by atoms with Crippen LogP contribution in [0.5, 0.6) is 11.5 Å². The van der Waals surface area contributed by atoms with Crippen molar-refractivity contribution in [3.63, 3.8) is 0 Å². The number of alkyl carbamates (subject to hydrolysis) is 1. The maximum Gasteiger partial charge on any atom is 0.407 e. The third-order valence-corrected chi connectivity index (χ3v) is 15.0. The summed E-state index contributed by atoms with van der Waals surface area (Å²) in [5.41, 5.74) is 0.280. The molecule has 6 aliphatic rings. The van der Waals surface area contributed by atoms with E-state index in [2.05, 4.69) is 15.4 Å². The average Bonchev–Trinajstić information content (AvgIpc) is 4.12. The highest BCUT2D eigenvalue weighted by atomic mass is 32.2. The monoisotopic (exact) mass is 805 g/mol. The van der Waals surface area contributed by atoms with E-state index in [1.165, 1.54) is 4.90 Å². The number of methoxy groups -OCH3 is 1. The number of carbonyl (C=O) groups is 4. The molecule has 5 unspecified atom stereocenters. The number of hydrogen-bond acceptors (Lipinski definition) is 10. The lowest BCUT2D eigenvalue weighted by atomic mass is 9.86. The highest BCUT2D eigenvalue weighted by molar-refractivity contribution is 7.91. The van der Waals surface area contributed by atoms with Crippen molar-refractivity contribution in [1.29, 1.82) is 0 Å². The molecule has 1 aromatic heterocycles. The van der Waals surface area contributed by atoms with Crippen molar-refractivity contribution in [2.45, 2.75) is 138 Å². The van der Waals surface area contributed by atoms with Gasteiger partial charge in [0.15, 0.2) is 0 Å². The fraction of sp³-hybridized carbons (Fsp3) is 0.643. The number of nitrogens with zero attached hydrogens (tertiary/aromatic N) is 2. The topological polar surface area (TPSA) is 182 Å². The number of carbonyl (C=O) groups excluding carboxylic acids is 4. The van der Waals surface area contributed by atoms with Gasteiger partial charge in [-0.25, -0.2) is 18.2 Å². The molecule has 8 rings (SSSR count). The lowest BCUT2D eigenvalue weighted by molar-refractivity contribution is -0.141. The smallest absolute Gasteiger partial charge is 0.407 e. The van der Waals surface area contributed by atoms with E-state index < -0.39 is 67.7 Å². The maximum absolute atomic E-state index is 14.8. The van der Waals surface area contributed by atoms with Gasteiger partial charge in [0.1, 0.15) is 34.7 Å². The van der Waals surface area contributed by atoms with Crippen molar-refractivity contribution < 1.29 is 41.8 Å². The summed E-state index contributed by atoms with van der Waals surface area (Å²) in [5, 5.41) is 6.72. The van der Waals surface area contributed by atoms with Crippen molar-refractivity contribution in [3.05, 3.63) is 41.6 Å². The Morgan fingerprint density at radius 3 is 2.60 bits per heavy atom. The lowest BCUT2D eigenvalue weighted by Crippen LogP contribution is -2.58. The number of amides is 4. The third-order valence-electron chi connectivity index (χ3n) is 12.8. The molecule has 4 amide bonds. The molecule has 15 heteroatoms. The van der Waals surface area contributed by atoms with Crippen molar-refractivity contribution in [2.24, 2.45) is 11.8 Å². The van der Waals surface area contributed by atoms with Crippen LogP contribution < -0.4 is 24.8 Å². The van der Waals surface area contributed by atoms with E-state index >= 15 is 0 Å². The van der Waals surface area contributed by atoms with Gasteiger partial charge in [0.2, 0.25) is 21.8 Å². The lowest BCUT2D eigenvalue weighted by Gasteiger charge is -2.37. The summed E-state index contributed by atoms with van der Waals surface area (Å²) in [4.78, 5) is 63.2. The van der Waals surface area contributed by atoms with E-state index in [-0.39, 0.29) is 37.8 Å². The molecule has 5 atom stereocenters. The van der Waals surface area contributed by atoms with Gasteiger partial charge < -0.3 is 29.7 Å². The summed E-state index contributed by atoms with van der Waals surface area (Å²) in [6.45, 7) is 5.71. The fourth-order valence-corrected chi connectivity index (χ4v) is 10.0. The first-order valence-corrected chi connectivity index (χ1v) is 22.1. The summed E-state index contributed by atoms with van der Waals surface area (Å²) in [6, 6.07) is 3.78. The van der Waals surface area contributed by atoms with E-state index in [9.17, 15) is 27.6 Å². The maximum atomic E-state index is 14.8. The van der Waals surface area contributed by atoms with Gasteiger partial charge in [0.25, 0.3) is 5.91 Å². The SMILES string of the molecule is COc1ccc2nc(C3CC3)c3c(c2c1)CCC1(CC2C(=O)NC4(C(=O)NS(=O)(=O)C5(C)CC5)CC4C=CCCCCCC(NC(=O)OCC(C)C)C(=O)N2C1)O3. The van der Waals surface area contributed by atoms with Crippen LogP contribution in [0.15, 0.2) is 30.4 Å². The molecule has 4 heterocycles. The minimum Gasteiger partial charge on any atom is -0.497 e. The molecule has 3 aliphatic heterocycles. The Labute approximate surface area is 334 Å². The molecule has 3 saturated carbocycles. The van der Waals surface area contributed by atoms with Gasteiger partial charge in [0.05, 0.1) is 36.2 Å². The fourth-order valence-electron chi connectivity index (χ4n) is 8.72. The van der Waals surface area contributed by atoms with Gasteiger partial charge >= 0.3 is 6.09 Å². The molecule has 4 fully saturated rings. The van der Waals surface area contributed by atoms with E-state index in [1.54, 1.807) is 14.0 Å². The minimum atomic E-state index is -3.99. The molecule has 1 aromatic carbocycles. The van der Waals surface area contributed by atoms with Crippen molar-refractivity contribution in [2.75, 3.05) is 20.3 Å². The molecule has 3 N–H and O–H groups in total. The number of aromatic nitrogens is 1. The third kappa shape index (κ3) is 7.68. The first-order chi connectivity index (χ1) is 27.2. The van der Waals surface area contributed by atoms with Crippen molar-refractivity contribution in [3.8, 4) is 11.5 Å². The number of allylic oxidation sites excluding steroid dienone is 1. The van der Waals surface area contributed by atoms with Crippen LogP contribution >= 0.6 is 0 Å². The molecule has 308 valence electrons. The number of hydrogen-bond donors (Lipinski definition) is 3. The quantitative estimate of drug-likeness (QED) is 0.310. The first-order valence-electron chi connectivity index (χ1n) is 20.7. The van der Waals surface area contributed by atoms with Crippen LogP contribution in [0.1, 0.15) is 115 Å². The summed E-state index contributed by atoms with van der Waals surface area (Å²) >= 11 is 0. The Morgan fingerprint density at radius 2 is 1.88 bits per heavy atom. The van der Waals surface area contributed by atoms with Crippen molar-refractivity contribution in [1.82, 2.24) is 25.2 Å². The van der Waals surface area contributed by atoms with E-state index in [0.29, 0.717) is 56.4 Å². The first kappa shape index (κ1) is 39.4. The normalized spacial score (nSPS) is 29.6. The number of nitrogens with one attached hydrogen (secondary N) is 3. The summed E-state index contributed by atoms with van der Waals surface area (Å²) < 4.78 is 45.9. The number of aryl methyl sites for hydroxylation is 1. The number of benzene rings is 1. The Morgan fingerprint density at radius 1 is 1.09 bits per heavy atom. The molecule has 0 bridgehead atoms. The number of sulfonamides is 1. The average molecular weight is 806 g/mol. The molecule has 1 spiro atoms. The molecular formula is C42H55N5O9S. The van der Waals surface area contributed by atoms with Gasteiger partial charge in [-0.05, 0) is 95.2 Å². The van der Waals surface area contributed by atoms with Crippen LogP contribution in [-0.2, 0) is 35.6 Å². The molecule has 57 heavy (non-hydrogen) atoms. The molecule has 0 radical (unpaired) electrons. The Hall–Kier alpha value is -4.40. The zero-order valence-corrected chi connectivity index (χ0v) is 34.2. The number of fused-ring (bicyclic) bond motifs is 5. The van der Waals surface area contributed by atoms with Crippen LogP contribution in [0, 0.1) is 11.8 Å². The van der Waals surface area contributed by atoms with Gasteiger partial charge in [-0.1, -0.05) is 38.8 Å². The van der Waals surface area contributed by atoms with Gasteiger partial charge in [-0.15, -0.1) is 0 Å². The standard InChI is InChI=1S/C42H55N5O9S/c1-25(2)23-55-39(51)44-32-11-9-7-5-6-8-10-27-21-42(27,38(50)46-57(52,53)40(3)18-19-40)45-36(48)33-22-41(24-47(33)37(32)49)17-16-29-30-20-28(54-4)14-15-31(30)43-34(26-12-13-26)35(29)56-41/h8,10,14-15,20,25-27,32-33H,5-7,9,11-13,16-19,21-24H2,1-4H3,(H,44,51)(H,45,48)(H,46,50). The predicted octanol–water partition coefficient (Wildman–Crippen LogP) is 4.93. The summed E-state index contributed by atoms with van der Waals surface area (Å²) in [7, 11) is -2.36. The molecule has 3 aliphatic carbocycles. The highest BCUT2D eigenvalue weighted by Gasteiger charge is 2.64. The zero-order valence-electron chi connectivity index (χ0n) is 33.4. The zero-order chi connectivity index (χ0) is 40.3. The summed E-state index contributed by atoms with van der Waals surface area (Å²) in [6.07, 6.45) is 10.8. The highest BCUT2D eigenvalue weighted by Crippen LogP contribution is 2.52. The van der Waals surface area contributed by atoms with Crippen LogP contribution in [0.2, 0.25) is 0 Å². The van der Waals surface area contributed by atoms with Gasteiger partial charge in [-0.2, -0.15) is 0 Å². The number of rotatable bonds is 8. The predicted molar refractivity (Wildman–Crippen MR) is 211 cm³/mol. The second kappa shape index (κ2) is 14.8. The van der Waals surface area contributed by atoms with E-state index in [4.69, 9.17) is 19.2 Å². The Kier molecular flexibility index (Phi) is 10.2. The largest absolute Gasteiger partial charge is 0.497 e. The number of ether oxygens (including phenoxy) is 3. The summed E-state index contributed by atoms with van der Waals surface area (Å²) in [5.74, 6) is -0.471. The van der Waals surface area contributed by atoms with Crippen molar-refractivity contribution >= 4 is 44.7 Å². The van der Waals surface area contributed by atoms with Crippen LogP contribution in [0.25, 0.3) is 10.9 Å². The molecular weight excluding hydrogens is 751 g/mol. The van der Waals surface area contributed by atoms with Crippen LogP contribution in [0.4, 0.5) is 4.79 Å². The molecule has 2 aromatic rings. The molecule has 14 nitrogen and oxygen atoms in total. The van der Waals surface area contributed by atoms with Gasteiger partial charge in [0, 0.05) is 29.2 Å². The van der Waals surface area contributed by atoms with Crippen LogP contribution in [-0.4, -0.2) is 90.3 Å². The second-order valence-electron chi connectivity index (χ2n) is 17.8. The van der Waals surface area contributed by atoms with E-state index in [1.807, 2.05) is 44.2 Å². The Bertz CT molecular complexity index is 2110.